The first-order valence-electron chi connectivity index (χ1n) is 14.3. The van der Waals surface area contributed by atoms with Gasteiger partial charge in [-0.05, 0) is 61.7 Å². The van der Waals surface area contributed by atoms with Crippen LogP contribution in [0.3, 0.4) is 0 Å². The molecule has 1 fully saturated rings. The van der Waals surface area contributed by atoms with Crippen LogP contribution in [0.4, 0.5) is 0 Å². The van der Waals surface area contributed by atoms with Crippen molar-refractivity contribution in [1.82, 2.24) is 14.4 Å². The minimum Gasteiger partial charge on any atom is -0.493 e. The van der Waals surface area contributed by atoms with E-state index in [0.717, 1.165) is 56.8 Å². The summed E-state index contributed by atoms with van der Waals surface area (Å²) in [7, 11) is 1.92. The second kappa shape index (κ2) is 12.5. The van der Waals surface area contributed by atoms with E-state index in [1.165, 1.54) is 16.5 Å². The molecule has 0 radical (unpaired) electrons. The summed E-state index contributed by atoms with van der Waals surface area (Å²) in [5, 5.41) is 1.35. The Kier molecular flexibility index (Phi) is 8.67. The van der Waals surface area contributed by atoms with Crippen molar-refractivity contribution in [3.05, 3.63) is 102 Å². The number of hydrogen-bond acceptors (Lipinski definition) is 3. The van der Waals surface area contributed by atoms with Crippen LogP contribution < -0.4 is 4.74 Å². The lowest BCUT2D eigenvalue weighted by Crippen LogP contribution is -2.45. The average Bonchev–Trinajstić information content (AvgIpc) is 3.31. The number of hydrogen-bond donors (Lipinski definition) is 0. The second-order valence-corrected chi connectivity index (χ2v) is 11.2. The Labute approximate surface area is 233 Å². The number of benzene rings is 3. The van der Waals surface area contributed by atoms with Crippen molar-refractivity contribution in [3.63, 3.8) is 0 Å². The molecule has 2 heterocycles. The maximum absolute atomic E-state index is 13.5. The minimum absolute atomic E-state index is 0.176. The number of nitrogens with zero attached hydrogens (tertiary/aromatic N) is 3. The molecule has 0 N–H and O–H groups in total. The standard InChI is InChI=1S/C34H41N3O2/c1-3-20-37-26-29(31-16-10-11-17-32(31)37)25-36-21-18-34(19-22-36,27-39-30-14-8-5-9-15-30)23-33(38)35(2)24-28-12-6-4-7-13-28/h4-17,26H,3,18-25,27H2,1-2H3. The molecule has 204 valence electrons. The Balaban J connectivity index is 1.27. The Morgan fingerprint density at radius 2 is 1.59 bits per heavy atom. The molecule has 0 spiro atoms. The molecular weight excluding hydrogens is 482 g/mol. The van der Waals surface area contributed by atoms with Gasteiger partial charge in [-0.15, -0.1) is 0 Å². The van der Waals surface area contributed by atoms with E-state index in [0.29, 0.717) is 19.6 Å². The summed E-state index contributed by atoms with van der Waals surface area (Å²) in [5.74, 6) is 1.06. The molecule has 1 aliphatic rings. The molecule has 5 heteroatoms. The smallest absolute Gasteiger partial charge is 0.223 e. The van der Waals surface area contributed by atoms with Crippen molar-refractivity contribution in [2.45, 2.75) is 52.2 Å². The third-order valence-electron chi connectivity index (χ3n) is 8.15. The molecule has 1 saturated heterocycles. The van der Waals surface area contributed by atoms with Crippen molar-refractivity contribution >= 4 is 16.8 Å². The van der Waals surface area contributed by atoms with Crippen LogP contribution in [0, 0.1) is 5.41 Å². The van der Waals surface area contributed by atoms with Gasteiger partial charge >= 0.3 is 0 Å². The number of piperidine rings is 1. The maximum atomic E-state index is 13.5. The van der Waals surface area contributed by atoms with Crippen molar-refractivity contribution in [2.75, 3.05) is 26.7 Å². The number of carbonyl (C=O) groups excluding carboxylic acids is 1. The maximum Gasteiger partial charge on any atom is 0.223 e. The highest BCUT2D eigenvalue weighted by atomic mass is 16.5. The number of para-hydroxylation sites is 2. The molecule has 5 rings (SSSR count). The van der Waals surface area contributed by atoms with Crippen LogP contribution in [0.5, 0.6) is 5.75 Å². The van der Waals surface area contributed by atoms with Gasteiger partial charge in [0.05, 0.1) is 6.61 Å². The molecule has 1 aliphatic heterocycles. The van der Waals surface area contributed by atoms with Gasteiger partial charge in [0.1, 0.15) is 5.75 Å². The number of aromatic nitrogens is 1. The lowest BCUT2D eigenvalue weighted by atomic mass is 9.75. The van der Waals surface area contributed by atoms with Gasteiger partial charge in [-0.2, -0.15) is 0 Å². The number of amides is 1. The number of carbonyl (C=O) groups is 1. The Morgan fingerprint density at radius 3 is 2.31 bits per heavy atom. The lowest BCUT2D eigenvalue weighted by molar-refractivity contribution is -0.134. The number of aryl methyl sites for hydroxylation is 1. The molecule has 5 nitrogen and oxygen atoms in total. The van der Waals surface area contributed by atoms with Gasteiger partial charge in [-0.1, -0.05) is 73.7 Å². The second-order valence-electron chi connectivity index (χ2n) is 11.2. The predicted octanol–water partition coefficient (Wildman–Crippen LogP) is 6.76. The van der Waals surface area contributed by atoms with Gasteiger partial charge in [0.15, 0.2) is 0 Å². The number of ether oxygens (including phenoxy) is 1. The highest BCUT2D eigenvalue weighted by Crippen LogP contribution is 2.37. The molecule has 0 unspecified atom stereocenters. The van der Waals surface area contributed by atoms with Crippen LogP contribution in [-0.2, 0) is 24.4 Å². The Bertz CT molecular complexity index is 1340. The zero-order valence-electron chi connectivity index (χ0n) is 23.4. The van der Waals surface area contributed by atoms with Crippen LogP contribution in [0.2, 0.25) is 0 Å². The monoisotopic (exact) mass is 523 g/mol. The summed E-state index contributed by atoms with van der Waals surface area (Å²) in [6, 6.07) is 29.0. The Morgan fingerprint density at radius 1 is 0.923 bits per heavy atom. The number of rotatable bonds is 11. The summed E-state index contributed by atoms with van der Waals surface area (Å²) in [6.07, 6.45) is 5.86. The quantitative estimate of drug-likeness (QED) is 0.218. The van der Waals surface area contributed by atoms with Gasteiger partial charge in [-0.25, -0.2) is 0 Å². The van der Waals surface area contributed by atoms with Crippen molar-refractivity contribution in [2.24, 2.45) is 5.41 Å². The van der Waals surface area contributed by atoms with E-state index >= 15 is 0 Å². The molecule has 0 aliphatic carbocycles. The summed E-state index contributed by atoms with van der Waals surface area (Å²) in [6.45, 7) is 7.32. The van der Waals surface area contributed by atoms with Crippen LogP contribution in [-0.4, -0.2) is 47.0 Å². The zero-order chi connectivity index (χ0) is 27.1. The fourth-order valence-corrected chi connectivity index (χ4v) is 5.83. The fraction of sp³-hybridized carbons (Fsp3) is 0.382. The molecule has 1 aromatic heterocycles. The summed E-state index contributed by atoms with van der Waals surface area (Å²) >= 11 is 0. The SMILES string of the molecule is CCCn1cc(CN2CCC(COc3ccccc3)(CC(=O)N(C)Cc3ccccc3)CC2)c2ccccc21. The van der Waals surface area contributed by atoms with Crippen molar-refractivity contribution < 1.29 is 9.53 Å². The summed E-state index contributed by atoms with van der Waals surface area (Å²) in [5.41, 5.74) is 3.69. The third-order valence-corrected chi connectivity index (χ3v) is 8.15. The van der Waals surface area contributed by atoms with Crippen LogP contribution >= 0.6 is 0 Å². The van der Waals surface area contributed by atoms with E-state index in [1.807, 2.05) is 60.5 Å². The molecular formula is C34H41N3O2. The van der Waals surface area contributed by atoms with Gasteiger partial charge in [0.2, 0.25) is 5.91 Å². The fourth-order valence-electron chi connectivity index (χ4n) is 5.83. The van der Waals surface area contributed by atoms with Gasteiger partial charge in [0, 0.05) is 55.6 Å². The lowest BCUT2D eigenvalue weighted by Gasteiger charge is -2.42. The highest BCUT2D eigenvalue weighted by molar-refractivity contribution is 5.84. The first-order valence-corrected chi connectivity index (χ1v) is 14.3. The van der Waals surface area contributed by atoms with Crippen LogP contribution in [0.15, 0.2) is 91.1 Å². The van der Waals surface area contributed by atoms with Crippen LogP contribution in [0.25, 0.3) is 10.9 Å². The van der Waals surface area contributed by atoms with E-state index in [-0.39, 0.29) is 11.3 Å². The molecule has 4 aromatic rings. The van der Waals surface area contributed by atoms with Crippen molar-refractivity contribution in [1.29, 1.82) is 0 Å². The first-order chi connectivity index (χ1) is 19.0. The molecule has 3 aromatic carbocycles. The van der Waals surface area contributed by atoms with E-state index in [4.69, 9.17) is 4.74 Å². The van der Waals surface area contributed by atoms with Gasteiger partial charge < -0.3 is 14.2 Å². The molecule has 0 saturated carbocycles. The Hall–Kier alpha value is -3.57. The molecule has 0 bridgehead atoms. The van der Waals surface area contributed by atoms with Crippen LogP contribution in [0.1, 0.15) is 43.7 Å². The van der Waals surface area contributed by atoms with E-state index in [9.17, 15) is 4.79 Å². The van der Waals surface area contributed by atoms with Gasteiger partial charge in [0.25, 0.3) is 0 Å². The normalized spacial score (nSPS) is 15.3. The van der Waals surface area contributed by atoms with E-state index in [2.05, 4.69) is 59.0 Å². The summed E-state index contributed by atoms with van der Waals surface area (Å²) < 4.78 is 8.69. The van der Waals surface area contributed by atoms with E-state index < -0.39 is 0 Å². The van der Waals surface area contributed by atoms with Gasteiger partial charge in [-0.3, -0.25) is 9.69 Å². The number of fused-ring (bicyclic) bond motifs is 1. The van der Waals surface area contributed by atoms with E-state index in [1.54, 1.807) is 0 Å². The molecule has 0 atom stereocenters. The minimum atomic E-state index is -0.176. The average molecular weight is 524 g/mol. The molecule has 39 heavy (non-hydrogen) atoms. The highest BCUT2D eigenvalue weighted by Gasteiger charge is 2.38. The summed E-state index contributed by atoms with van der Waals surface area (Å²) in [4.78, 5) is 17.9. The predicted molar refractivity (Wildman–Crippen MR) is 159 cm³/mol. The first kappa shape index (κ1) is 27.0. The third kappa shape index (κ3) is 6.72. The largest absolute Gasteiger partial charge is 0.493 e. The van der Waals surface area contributed by atoms with Crippen molar-refractivity contribution in [3.8, 4) is 5.75 Å². The zero-order valence-corrected chi connectivity index (χ0v) is 23.4. The number of likely N-dealkylation sites (tertiary alicyclic amines) is 1. The molecule has 1 amide bonds. The topological polar surface area (TPSA) is 37.7 Å².